The molecule has 0 radical (unpaired) electrons. The van der Waals surface area contributed by atoms with Crippen molar-refractivity contribution in [2.75, 3.05) is 27.3 Å². The molecule has 0 aliphatic carbocycles. The van der Waals surface area contributed by atoms with Crippen molar-refractivity contribution in [2.45, 2.75) is 25.9 Å². The molecule has 0 saturated carbocycles. The molecule has 6 heteroatoms. The first kappa shape index (κ1) is 19.7. The molecule has 1 heterocycles. The van der Waals surface area contributed by atoms with E-state index in [0.29, 0.717) is 35.7 Å². The lowest BCUT2D eigenvalue weighted by atomic mass is 10.0. The molecule has 3 rings (SSSR count). The van der Waals surface area contributed by atoms with Gasteiger partial charge in [-0.05, 0) is 38.1 Å². The number of hydrogen-bond donors (Lipinski definition) is 0. The molecule has 0 bridgehead atoms. The zero-order chi connectivity index (χ0) is 20.3. The van der Waals surface area contributed by atoms with Crippen molar-refractivity contribution in [3.63, 3.8) is 0 Å². The maximum Gasteiger partial charge on any atom is 0.257 e. The third kappa shape index (κ3) is 3.67. The molecular weight excluding hydrogens is 356 g/mol. The number of methoxy groups -OCH3 is 2. The summed E-state index contributed by atoms with van der Waals surface area (Å²) in [6.07, 6.45) is 0. The Hall–Kier alpha value is -3.02. The molecule has 1 aliphatic rings. The second-order valence-corrected chi connectivity index (χ2v) is 7.01. The second kappa shape index (κ2) is 8.33. The van der Waals surface area contributed by atoms with Crippen LogP contribution in [0.25, 0.3) is 0 Å². The molecular formula is C22H26N2O4. The van der Waals surface area contributed by atoms with Crippen LogP contribution >= 0.6 is 0 Å². The van der Waals surface area contributed by atoms with E-state index in [9.17, 15) is 9.59 Å². The maximum atomic E-state index is 13.1. The van der Waals surface area contributed by atoms with Gasteiger partial charge in [-0.25, -0.2) is 0 Å². The molecule has 28 heavy (non-hydrogen) atoms. The summed E-state index contributed by atoms with van der Waals surface area (Å²) >= 11 is 0. The first-order chi connectivity index (χ1) is 13.5. The largest absolute Gasteiger partial charge is 0.496 e. The van der Waals surface area contributed by atoms with Crippen molar-refractivity contribution in [1.29, 1.82) is 0 Å². The molecule has 6 nitrogen and oxygen atoms in total. The van der Waals surface area contributed by atoms with Crippen molar-refractivity contribution < 1.29 is 19.1 Å². The molecule has 2 aromatic carbocycles. The summed E-state index contributed by atoms with van der Waals surface area (Å²) in [6, 6.07) is 14.2. The Bertz CT molecular complexity index is 796. The lowest BCUT2D eigenvalue weighted by molar-refractivity contribution is 0.0266. The van der Waals surface area contributed by atoms with Crippen LogP contribution in [0.5, 0.6) is 11.5 Å². The third-order valence-electron chi connectivity index (χ3n) is 5.18. The zero-order valence-corrected chi connectivity index (χ0v) is 16.7. The van der Waals surface area contributed by atoms with Crippen molar-refractivity contribution in [3.8, 4) is 11.5 Å². The quantitative estimate of drug-likeness (QED) is 0.815. The fourth-order valence-corrected chi connectivity index (χ4v) is 3.64. The molecule has 1 aliphatic heterocycles. The average molecular weight is 382 g/mol. The summed E-state index contributed by atoms with van der Waals surface area (Å²) in [5.74, 6) is 0.946. The molecule has 2 amide bonds. The van der Waals surface area contributed by atoms with E-state index >= 15 is 0 Å². The van der Waals surface area contributed by atoms with Crippen LogP contribution in [0.15, 0.2) is 48.5 Å². The van der Waals surface area contributed by atoms with Gasteiger partial charge in [0.1, 0.15) is 11.5 Å². The number of hydrogen-bond acceptors (Lipinski definition) is 4. The van der Waals surface area contributed by atoms with Crippen LogP contribution < -0.4 is 9.47 Å². The summed E-state index contributed by atoms with van der Waals surface area (Å²) in [7, 11) is 3.12. The van der Waals surface area contributed by atoms with Gasteiger partial charge >= 0.3 is 0 Å². The molecule has 1 saturated heterocycles. The summed E-state index contributed by atoms with van der Waals surface area (Å²) < 4.78 is 10.7. The second-order valence-electron chi connectivity index (χ2n) is 7.01. The minimum atomic E-state index is -0.118. The average Bonchev–Trinajstić information content (AvgIpc) is 2.73. The SMILES string of the molecule is COc1ccccc1C(=O)N1CC(C)N(C(=O)c2ccccc2OC)CC1C. The van der Waals surface area contributed by atoms with Gasteiger partial charge in [-0.2, -0.15) is 0 Å². The standard InChI is InChI=1S/C22H26N2O4/c1-15-13-24(22(26)18-10-6-8-12-20(18)28-4)16(2)14-23(15)21(25)17-9-5-7-11-19(17)27-3/h5-12,15-16H,13-14H2,1-4H3. The fraction of sp³-hybridized carbons (Fsp3) is 0.364. The van der Waals surface area contributed by atoms with Crippen LogP contribution in [-0.4, -0.2) is 61.0 Å². The molecule has 0 N–H and O–H groups in total. The Morgan fingerprint density at radius 2 is 1.11 bits per heavy atom. The summed E-state index contributed by atoms with van der Waals surface area (Å²) in [5.41, 5.74) is 1.07. The Balaban J connectivity index is 1.80. The highest BCUT2D eigenvalue weighted by Crippen LogP contribution is 2.26. The van der Waals surface area contributed by atoms with Gasteiger partial charge < -0.3 is 19.3 Å². The Labute approximate surface area is 165 Å². The highest BCUT2D eigenvalue weighted by molar-refractivity contribution is 5.99. The van der Waals surface area contributed by atoms with Crippen LogP contribution in [0.2, 0.25) is 0 Å². The van der Waals surface area contributed by atoms with E-state index in [4.69, 9.17) is 9.47 Å². The van der Waals surface area contributed by atoms with Crippen molar-refractivity contribution in [1.82, 2.24) is 9.80 Å². The van der Waals surface area contributed by atoms with Gasteiger partial charge in [-0.3, -0.25) is 9.59 Å². The first-order valence-corrected chi connectivity index (χ1v) is 9.35. The molecule has 0 aromatic heterocycles. The third-order valence-corrected chi connectivity index (χ3v) is 5.18. The highest BCUT2D eigenvalue weighted by atomic mass is 16.5. The molecule has 148 valence electrons. The number of benzene rings is 2. The van der Waals surface area contributed by atoms with Crippen molar-refractivity contribution in [2.24, 2.45) is 0 Å². The van der Waals surface area contributed by atoms with Crippen LogP contribution in [0.1, 0.15) is 34.6 Å². The number of amides is 2. The smallest absolute Gasteiger partial charge is 0.257 e. The molecule has 2 unspecified atom stereocenters. The Morgan fingerprint density at radius 1 is 0.750 bits per heavy atom. The zero-order valence-electron chi connectivity index (χ0n) is 16.7. The van der Waals surface area contributed by atoms with Gasteiger partial charge in [0.05, 0.1) is 25.3 Å². The molecule has 0 spiro atoms. The number of carbonyl (C=O) groups is 2. The first-order valence-electron chi connectivity index (χ1n) is 9.35. The van der Waals surface area contributed by atoms with Gasteiger partial charge in [0.25, 0.3) is 11.8 Å². The van der Waals surface area contributed by atoms with E-state index < -0.39 is 0 Å². The molecule has 1 fully saturated rings. The van der Waals surface area contributed by atoms with Crippen LogP contribution in [0.3, 0.4) is 0 Å². The molecule has 2 aromatic rings. The number of para-hydroxylation sites is 2. The summed E-state index contributed by atoms with van der Waals surface area (Å²) in [5, 5.41) is 0. The van der Waals surface area contributed by atoms with Gasteiger partial charge in [0.2, 0.25) is 0 Å². The van der Waals surface area contributed by atoms with E-state index in [0.717, 1.165) is 0 Å². The number of rotatable bonds is 4. The van der Waals surface area contributed by atoms with Crippen molar-refractivity contribution >= 4 is 11.8 Å². The number of piperazine rings is 1. The number of ether oxygens (including phenoxy) is 2. The van der Waals surface area contributed by atoms with Gasteiger partial charge in [-0.1, -0.05) is 24.3 Å². The van der Waals surface area contributed by atoms with E-state index in [1.807, 2.05) is 47.9 Å². The number of carbonyl (C=O) groups excluding carboxylic acids is 2. The normalized spacial score (nSPS) is 19.3. The monoisotopic (exact) mass is 382 g/mol. The highest BCUT2D eigenvalue weighted by Gasteiger charge is 2.36. The maximum absolute atomic E-state index is 13.1. The topological polar surface area (TPSA) is 59.1 Å². The van der Waals surface area contributed by atoms with E-state index in [1.54, 1.807) is 38.5 Å². The lowest BCUT2D eigenvalue weighted by Crippen LogP contribution is -2.59. The molecule has 2 atom stereocenters. The van der Waals surface area contributed by atoms with Crippen molar-refractivity contribution in [3.05, 3.63) is 59.7 Å². The Kier molecular flexibility index (Phi) is 5.87. The lowest BCUT2D eigenvalue weighted by Gasteiger charge is -2.44. The van der Waals surface area contributed by atoms with Gasteiger partial charge in [-0.15, -0.1) is 0 Å². The minimum absolute atomic E-state index is 0.0822. The van der Waals surface area contributed by atoms with E-state index in [2.05, 4.69) is 0 Å². The van der Waals surface area contributed by atoms with Crippen LogP contribution in [0.4, 0.5) is 0 Å². The van der Waals surface area contributed by atoms with Gasteiger partial charge in [0, 0.05) is 25.2 Å². The Morgan fingerprint density at radius 3 is 1.46 bits per heavy atom. The summed E-state index contributed by atoms with van der Waals surface area (Å²) in [6.45, 7) is 4.83. The van der Waals surface area contributed by atoms with E-state index in [-0.39, 0.29) is 23.9 Å². The van der Waals surface area contributed by atoms with E-state index in [1.165, 1.54) is 0 Å². The summed E-state index contributed by atoms with van der Waals surface area (Å²) in [4.78, 5) is 29.8. The van der Waals surface area contributed by atoms with Crippen LogP contribution in [-0.2, 0) is 0 Å². The van der Waals surface area contributed by atoms with Gasteiger partial charge in [0.15, 0.2) is 0 Å². The predicted molar refractivity (Wildman–Crippen MR) is 107 cm³/mol. The minimum Gasteiger partial charge on any atom is -0.496 e. The predicted octanol–water partition coefficient (Wildman–Crippen LogP) is 3.08. The number of nitrogens with zero attached hydrogens (tertiary/aromatic N) is 2. The van der Waals surface area contributed by atoms with Crippen LogP contribution in [0, 0.1) is 0 Å². The fourth-order valence-electron chi connectivity index (χ4n) is 3.64.